The number of rotatable bonds is 5. The minimum atomic E-state index is 0.567. The first-order valence-electron chi connectivity index (χ1n) is 5.87. The van der Waals surface area contributed by atoms with Crippen molar-refractivity contribution in [3.8, 4) is 16.9 Å². The summed E-state index contributed by atoms with van der Waals surface area (Å²) in [4.78, 5) is 0. The summed E-state index contributed by atoms with van der Waals surface area (Å²) in [5, 5.41) is 0. The Morgan fingerprint density at radius 1 is 0.833 bits per heavy atom. The zero-order valence-electron chi connectivity index (χ0n) is 10.4. The molecule has 18 heavy (non-hydrogen) atoms. The molecule has 3 heteroatoms. The third-order valence-electron chi connectivity index (χ3n) is 2.65. The summed E-state index contributed by atoms with van der Waals surface area (Å²) in [6.45, 7) is 1.16. The molecule has 0 saturated heterocycles. The number of anilines is 1. The van der Waals surface area contributed by atoms with Gasteiger partial charge in [-0.25, -0.2) is 0 Å². The van der Waals surface area contributed by atoms with Gasteiger partial charge >= 0.3 is 0 Å². The van der Waals surface area contributed by atoms with Crippen LogP contribution < -0.4 is 10.5 Å². The van der Waals surface area contributed by atoms with Gasteiger partial charge in [-0.15, -0.1) is 0 Å². The summed E-state index contributed by atoms with van der Waals surface area (Å²) in [7, 11) is 1.66. The van der Waals surface area contributed by atoms with Crippen molar-refractivity contribution in [3.05, 3.63) is 48.5 Å². The smallest absolute Gasteiger partial charge is 0.119 e. The Labute approximate surface area is 107 Å². The van der Waals surface area contributed by atoms with Gasteiger partial charge in [0.1, 0.15) is 12.4 Å². The third kappa shape index (κ3) is 3.25. The van der Waals surface area contributed by atoms with E-state index in [1.807, 2.05) is 48.5 Å². The fourth-order valence-electron chi connectivity index (χ4n) is 1.66. The van der Waals surface area contributed by atoms with Gasteiger partial charge in [0.2, 0.25) is 0 Å². The highest BCUT2D eigenvalue weighted by atomic mass is 16.5. The van der Waals surface area contributed by atoms with Crippen molar-refractivity contribution in [2.45, 2.75) is 0 Å². The average molecular weight is 243 g/mol. The predicted molar refractivity (Wildman–Crippen MR) is 73.7 cm³/mol. The fraction of sp³-hybridized carbons (Fsp3) is 0.200. The van der Waals surface area contributed by atoms with Gasteiger partial charge in [0.15, 0.2) is 0 Å². The molecule has 94 valence electrons. The molecule has 0 aliphatic carbocycles. The molecule has 3 nitrogen and oxygen atoms in total. The zero-order valence-corrected chi connectivity index (χ0v) is 10.4. The second-order valence-corrected chi connectivity index (χ2v) is 3.99. The van der Waals surface area contributed by atoms with Crippen LogP contribution in [0.5, 0.6) is 5.75 Å². The Bertz CT molecular complexity index is 477. The molecule has 0 saturated carbocycles. The van der Waals surface area contributed by atoms with Crippen LogP contribution in [0.4, 0.5) is 5.69 Å². The lowest BCUT2D eigenvalue weighted by Gasteiger charge is -2.07. The molecule has 0 aliphatic heterocycles. The molecule has 2 aromatic carbocycles. The molecular formula is C15H17NO2. The van der Waals surface area contributed by atoms with Crippen LogP contribution in [0.1, 0.15) is 0 Å². The first kappa shape index (κ1) is 12.5. The van der Waals surface area contributed by atoms with Crippen LogP contribution >= 0.6 is 0 Å². The van der Waals surface area contributed by atoms with E-state index in [9.17, 15) is 0 Å². The minimum absolute atomic E-state index is 0.567. The molecule has 0 aromatic heterocycles. The second-order valence-electron chi connectivity index (χ2n) is 3.99. The molecule has 0 aliphatic rings. The summed E-state index contributed by atoms with van der Waals surface area (Å²) >= 11 is 0. The van der Waals surface area contributed by atoms with E-state index in [2.05, 4.69) is 0 Å². The minimum Gasteiger partial charge on any atom is -0.491 e. The van der Waals surface area contributed by atoms with Gasteiger partial charge in [0.05, 0.1) is 6.61 Å². The Hall–Kier alpha value is -2.00. The molecule has 0 amide bonds. The molecule has 0 bridgehead atoms. The number of nitrogen functional groups attached to an aromatic ring is 1. The van der Waals surface area contributed by atoms with Gasteiger partial charge in [-0.2, -0.15) is 0 Å². The number of ether oxygens (including phenoxy) is 2. The van der Waals surface area contributed by atoms with E-state index in [-0.39, 0.29) is 0 Å². The van der Waals surface area contributed by atoms with Crippen LogP contribution in [0, 0.1) is 0 Å². The third-order valence-corrected chi connectivity index (χ3v) is 2.65. The number of benzene rings is 2. The monoisotopic (exact) mass is 243 g/mol. The van der Waals surface area contributed by atoms with Gasteiger partial charge in [0.25, 0.3) is 0 Å². The van der Waals surface area contributed by atoms with Crippen molar-refractivity contribution >= 4 is 5.69 Å². The fourth-order valence-corrected chi connectivity index (χ4v) is 1.66. The first-order chi connectivity index (χ1) is 8.79. The van der Waals surface area contributed by atoms with Gasteiger partial charge in [0, 0.05) is 12.8 Å². The van der Waals surface area contributed by atoms with Crippen LogP contribution in [0.3, 0.4) is 0 Å². The summed E-state index contributed by atoms with van der Waals surface area (Å²) in [6, 6.07) is 15.8. The van der Waals surface area contributed by atoms with Crippen molar-refractivity contribution in [2.24, 2.45) is 0 Å². The number of methoxy groups -OCH3 is 1. The molecule has 0 heterocycles. The highest BCUT2D eigenvalue weighted by Crippen LogP contribution is 2.23. The Kier molecular flexibility index (Phi) is 4.20. The first-order valence-corrected chi connectivity index (χ1v) is 5.87. The number of nitrogens with two attached hydrogens (primary N) is 1. The topological polar surface area (TPSA) is 44.5 Å². The quantitative estimate of drug-likeness (QED) is 0.648. The maximum absolute atomic E-state index is 5.67. The van der Waals surface area contributed by atoms with E-state index in [0.29, 0.717) is 13.2 Å². The zero-order chi connectivity index (χ0) is 12.8. The maximum atomic E-state index is 5.67. The van der Waals surface area contributed by atoms with Crippen molar-refractivity contribution in [2.75, 3.05) is 26.1 Å². The Balaban J connectivity index is 2.05. The number of hydrogen-bond acceptors (Lipinski definition) is 3. The van der Waals surface area contributed by atoms with Crippen LogP contribution in [-0.2, 0) is 4.74 Å². The molecule has 0 atom stereocenters. The Morgan fingerprint density at radius 2 is 1.39 bits per heavy atom. The average Bonchev–Trinajstić information content (AvgIpc) is 2.41. The predicted octanol–water partition coefficient (Wildman–Crippen LogP) is 2.96. The molecule has 0 spiro atoms. The molecule has 2 N–H and O–H groups in total. The SMILES string of the molecule is COCCOc1ccc(-c2ccc(N)cc2)cc1. The van der Waals surface area contributed by atoms with Gasteiger partial charge in [-0.3, -0.25) is 0 Å². The standard InChI is InChI=1S/C15H17NO2/c1-17-10-11-18-15-8-4-13(5-9-15)12-2-6-14(16)7-3-12/h2-9H,10-11,16H2,1H3. The summed E-state index contributed by atoms with van der Waals surface area (Å²) in [6.07, 6.45) is 0. The van der Waals surface area contributed by atoms with Crippen molar-refractivity contribution in [1.29, 1.82) is 0 Å². The molecule has 0 fully saturated rings. The van der Waals surface area contributed by atoms with Gasteiger partial charge < -0.3 is 15.2 Å². The number of hydrogen-bond donors (Lipinski definition) is 1. The highest BCUT2D eigenvalue weighted by molar-refractivity contribution is 5.66. The van der Waals surface area contributed by atoms with E-state index in [1.54, 1.807) is 7.11 Å². The van der Waals surface area contributed by atoms with Crippen LogP contribution in [0.2, 0.25) is 0 Å². The summed E-state index contributed by atoms with van der Waals surface area (Å²) in [5.41, 5.74) is 8.73. The molecule has 0 unspecified atom stereocenters. The van der Waals surface area contributed by atoms with E-state index in [4.69, 9.17) is 15.2 Å². The lowest BCUT2D eigenvalue weighted by Crippen LogP contribution is -2.03. The van der Waals surface area contributed by atoms with E-state index < -0.39 is 0 Å². The molecule has 2 rings (SSSR count). The van der Waals surface area contributed by atoms with Crippen molar-refractivity contribution < 1.29 is 9.47 Å². The maximum Gasteiger partial charge on any atom is 0.119 e. The van der Waals surface area contributed by atoms with Crippen molar-refractivity contribution in [1.82, 2.24) is 0 Å². The lowest BCUT2D eigenvalue weighted by atomic mass is 10.1. The second kappa shape index (κ2) is 6.07. The van der Waals surface area contributed by atoms with E-state index in [0.717, 1.165) is 22.6 Å². The normalized spacial score (nSPS) is 10.3. The largest absolute Gasteiger partial charge is 0.491 e. The summed E-state index contributed by atoms with van der Waals surface area (Å²) < 4.78 is 10.4. The van der Waals surface area contributed by atoms with E-state index >= 15 is 0 Å². The van der Waals surface area contributed by atoms with Gasteiger partial charge in [-0.1, -0.05) is 24.3 Å². The molecular weight excluding hydrogens is 226 g/mol. The van der Waals surface area contributed by atoms with E-state index in [1.165, 1.54) is 0 Å². The van der Waals surface area contributed by atoms with Crippen LogP contribution in [0.25, 0.3) is 11.1 Å². The Morgan fingerprint density at radius 3 is 1.94 bits per heavy atom. The van der Waals surface area contributed by atoms with Crippen molar-refractivity contribution in [3.63, 3.8) is 0 Å². The molecule has 0 radical (unpaired) electrons. The highest BCUT2D eigenvalue weighted by Gasteiger charge is 1.98. The molecule has 2 aromatic rings. The van der Waals surface area contributed by atoms with Crippen LogP contribution in [-0.4, -0.2) is 20.3 Å². The van der Waals surface area contributed by atoms with Crippen LogP contribution in [0.15, 0.2) is 48.5 Å². The lowest BCUT2D eigenvalue weighted by molar-refractivity contribution is 0.146. The van der Waals surface area contributed by atoms with Gasteiger partial charge in [-0.05, 0) is 35.4 Å². The summed E-state index contributed by atoms with van der Waals surface area (Å²) in [5.74, 6) is 0.853.